The Hall–Kier alpha value is -4.44. The first-order valence-corrected chi connectivity index (χ1v) is 14.4. The van der Waals surface area contributed by atoms with Gasteiger partial charge in [0, 0.05) is 27.5 Å². The maximum Gasteiger partial charge on any atom is 0.164 e. The molecule has 2 heterocycles. The van der Waals surface area contributed by atoms with Gasteiger partial charge in [0.05, 0.1) is 0 Å². The molecular formula is C33H9B10N3O. The Kier molecular flexibility index (Phi) is 6.71. The molecule has 0 aliphatic rings. The van der Waals surface area contributed by atoms with Gasteiger partial charge in [0.25, 0.3) is 0 Å². The van der Waals surface area contributed by atoms with Crippen LogP contribution in [-0.4, -0.2) is 93.4 Å². The lowest BCUT2D eigenvalue weighted by molar-refractivity contribution is 0.669. The monoisotopic (exact) mass is 573 g/mol. The van der Waals surface area contributed by atoms with E-state index in [2.05, 4.69) is 23.2 Å². The average Bonchev–Trinajstić information content (AvgIpc) is 3.47. The van der Waals surface area contributed by atoms with Gasteiger partial charge in [-0.3, -0.25) is 0 Å². The van der Waals surface area contributed by atoms with Gasteiger partial charge in [-0.05, 0) is 39.7 Å². The minimum atomic E-state index is 0.0206. The highest BCUT2D eigenvalue weighted by Gasteiger charge is 2.23. The summed E-state index contributed by atoms with van der Waals surface area (Å²) in [6, 6.07) is 18.0. The molecule has 8 rings (SSSR count). The van der Waals surface area contributed by atoms with Crippen LogP contribution < -0.4 is 54.6 Å². The molecule has 0 spiro atoms. The van der Waals surface area contributed by atoms with Gasteiger partial charge in [0.2, 0.25) is 0 Å². The number of benzene rings is 6. The molecule has 47 heavy (non-hydrogen) atoms. The highest BCUT2D eigenvalue weighted by atomic mass is 16.3. The molecule has 6 aromatic carbocycles. The zero-order valence-corrected chi connectivity index (χ0v) is 24.7. The van der Waals surface area contributed by atoms with Crippen LogP contribution in [0.25, 0.3) is 77.6 Å². The van der Waals surface area contributed by atoms with E-state index in [9.17, 15) is 0 Å². The summed E-state index contributed by atoms with van der Waals surface area (Å²) in [7, 11) is 62.8. The number of hydrogen-bond acceptors (Lipinski definition) is 4. The largest absolute Gasteiger partial charge is 0.456 e. The molecule has 0 aliphatic carbocycles. The Bertz CT molecular complexity index is 2510. The fraction of sp³-hybridized carbons (Fsp3) is 0. The van der Waals surface area contributed by atoms with E-state index in [1.807, 2.05) is 36.4 Å². The average molecular weight is 572 g/mol. The van der Waals surface area contributed by atoms with Crippen molar-refractivity contribution in [1.29, 1.82) is 0 Å². The van der Waals surface area contributed by atoms with Crippen molar-refractivity contribution < 1.29 is 4.42 Å². The summed E-state index contributed by atoms with van der Waals surface area (Å²) in [5, 5.41) is 6.14. The van der Waals surface area contributed by atoms with Gasteiger partial charge in [-0.1, -0.05) is 58.2 Å². The van der Waals surface area contributed by atoms with E-state index in [1.54, 1.807) is 0 Å². The van der Waals surface area contributed by atoms with Crippen LogP contribution in [0.3, 0.4) is 0 Å². The van der Waals surface area contributed by atoms with Crippen LogP contribution in [0.5, 0.6) is 0 Å². The van der Waals surface area contributed by atoms with Crippen LogP contribution in [-0.2, 0) is 0 Å². The molecule has 0 saturated carbocycles. The van der Waals surface area contributed by atoms with Gasteiger partial charge < -0.3 is 4.42 Å². The fourth-order valence-electron chi connectivity index (χ4n) is 6.37. The van der Waals surface area contributed by atoms with Gasteiger partial charge >= 0.3 is 0 Å². The fourth-order valence-corrected chi connectivity index (χ4v) is 6.37. The Morgan fingerprint density at radius 1 is 0.383 bits per heavy atom. The van der Waals surface area contributed by atoms with Crippen molar-refractivity contribution in [2.24, 2.45) is 0 Å². The van der Waals surface area contributed by atoms with Crippen molar-refractivity contribution in [2.45, 2.75) is 0 Å². The van der Waals surface area contributed by atoms with Gasteiger partial charge in [-0.25, -0.2) is 15.0 Å². The SMILES string of the molecule is [B]c1c([B])c([B])c(-c2nc(-c3cc4oc5cccc6c7ccccc7c(c3)c4c56)nc(-c3c([B])c([B])c([B])c([B])c3[B])n2)c([B])c1[B]. The van der Waals surface area contributed by atoms with Crippen LogP contribution in [0.1, 0.15) is 0 Å². The second-order valence-electron chi connectivity index (χ2n) is 11.4. The molecule has 0 fully saturated rings. The van der Waals surface area contributed by atoms with Crippen molar-refractivity contribution in [2.75, 3.05) is 0 Å². The van der Waals surface area contributed by atoms with E-state index in [-0.39, 0.29) is 83.2 Å². The maximum absolute atomic E-state index is 6.45. The molecule has 4 nitrogen and oxygen atoms in total. The van der Waals surface area contributed by atoms with E-state index in [4.69, 9.17) is 92.8 Å². The Morgan fingerprint density at radius 2 is 0.809 bits per heavy atom. The van der Waals surface area contributed by atoms with Crippen LogP contribution in [0.15, 0.2) is 59.0 Å². The van der Waals surface area contributed by atoms with Gasteiger partial charge in [0.15, 0.2) is 17.5 Å². The molecule has 20 radical (unpaired) electrons. The lowest BCUT2D eigenvalue weighted by atomic mass is 9.60. The summed E-state index contributed by atoms with van der Waals surface area (Å²) in [5.74, 6) is 0.242. The van der Waals surface area contributed by atoms with Crippen LogP contribution in [0, 0.1) is 0 Å². The third-order valence-electron chi connectivity index (χ3n) is 8.85. The first-order valence-electron chi connectivity index (χ1n) is 14.4. The molecule has 14 heteroatoms. The summed E-state index contributed by atoms with van der Waals surface area (Å²) in [6.07, 6.45) is 0. The van der Waals surface area contributed by atoms with E-state index in [0.29, 0.717) is 11.1 Å². The topological polar surface area (TPSA) is 51.8 Å². The minimum absolute atomic E-state index is 0.0206. The predicted octanol–water partition coefficient (Wildman–Crippen LogP) is -3.55. The number of furan rings is 1. The van der Waals surface area contributed by atoms with E-state index in [0.717, 1.165) is 37.9 Å². The summed E-state index contributed by atoms with van der Waals surface area (Å²) >= 11 is 0. The number of nitrogens with zero attached hydrogens (tertiary/aromatic N) is 3. The summed E-state index contributed by atoms with van der Waals surface area (Å²) < 4.78 is 6.40. The first-order chi connectivity index (χ1) is 22.5. The molecule has 0 saturated heterocycles. The minimum Gasteiger partial charge on any atom is -0.456 e. The highest BCUT2D eigenvalue weighted by molar-refractivity contribution is 6.70. The number of hydrogen-bond donors (Lipinski definition) is 0. The van der Waals surface area contributed by atoms with Crippen molar-refractivity contribution >= 4 is 177 Å². The molecule has 0 amide bonds. The molecule has 192 valence electrons. The molecule has 0 unspecified atom stereocenters. The van der Waals surface area contributed by atoms with Gasteiger partial charge in [0.1, 0.15) is 89.6 Å². The van der Waals surface area contributed by atoms with E-state index < -0.39 is 0 Å². The lowest BCUT2D eigenvalue weighted by Crippen LogP contribution is -2.55. The van der Waals surface area contributed by atoms with Crippen molar-refractivity contribution in [3.8, 4) is 34.2 Å². The molecule has 2 aromatic heterocycles. The molecular weight excluding hydrogens is 563 g/mol. The normalized spacial score (nSPS) is 11.8. The summed E-state index contributed by atoms with van der Waals surface area (Å²) in [4.78, 5) is 14.3. The van der Waals surface area contributed by atoms with E-state index >= 15 is 0 Å². The smallest absolute Gasteiger partial charge is 0.164 e. The quantitative estimate of drug-likeness (QED) is 0.163. The lowest BCUT2D eigenvalue weighted by Gasteiger charge is -2.22. The number of fused-ring (bicyclic) bond motifs is 3. The third-order valence-corrected chi connectivity index (χ3v) is 8.85. The van der Waals surface area contributed by atoms with Gasteiger partial charge in [-0.2, -0.15) is 0 Å². The molecule has 0 N–H and O–H groups in total. The zero-order chi connectivity index (χ0) is 33.0. The zero-order valence-electron chi connectivity index (χ0n) is 24.7. The Balaban J connectivity index is 1.50. The van der Waals surface area contributed by atoms with Crippen LogP contribution in [0.2, 0.25) is 0 Å². The van der Waals surface area contributed by atoms with Crippen molar-refractivity contribution in [3.63, 3.8) is 0 Å². The first kappa shape index (κ1) is 29.9. The molecule has 8 aromatic rings. The Morgan fingerprint density at radius 3 is 1.34 bits per heavy atom. The van der Waals surface area contributed by atoms with Gasteiger partial charge in [-0.15, -0.1) is 32.8 Å². The second-order valence-corrected chi connectivity index (χ2v) is 11.4. The summed E-state index contributed by atoms with van der Waals surface area (Å²) in [5.41, 5.74) is 2.55. The predicted molar refractivity (Wildman–Crippen MR) is 203 cm³/mol. The maximum atomic E-state index is 6.45. The van der Waals surface area contributed by atoms with Crippen molar-refractivity contribution in [1.82, 2.24) is 15.0 Å². The van der Waals surface area contributed by atoms with Crippen LogP contribution >= 0.6 is 0 Å². The molecule has 0 aliphatic heterocycles. The molecule has 0 bridgehead atoms. The standard InChI is InChI=1S/C33H9B10N3O/c34-21-19(22(35)26(39)29(42)25(21)38)32-44-31(45-33(46-32)20-23(36)27(40)30(43)28(41)24(20)37)10-8-14-12-5-2-1-4-11(12)13-6-3-7-15-17(13)18(14)16(9-10)47-15/h1-9H. The van der Waals surface area contributed by atoms with Crippen LogP contribution in [0.4, 0.5) is 0 Å². The van der Waals surface area contributed by atoms with E-state index in [1.165, 1.54) is 0 Å². The van der Waals surface area contributed by atoms with Crippen molar-refractivity contribution in [3.05, 3.63) is 54.6 Å². The Labute approximate surface area is 283 Å². The molecule has 0 atom stereocenters. The second kappa shape index (κ2) is 10.5. The highest BCUT2D eigenvalue weighted by Crippen LogP contribution is 2.43. The number of rotatable bonds is 3. The number of aromatic nitrogens is 3. The third kappa shape index (κ3) is 4.19. The summed E-state index contributed by atoms with van der Waals surface area (Å²) in [6.45, 7) is 0.